The first-order valence-electron chi connectivity index (χ1n) is 14.9. The zero-order chi connectivity index (χ0) is 30.3. The van der Waals surface area contributed by atoms with Gasteiger partial charge in [-0.3, -0.25) is 9.59 Å². The molecule has 41 heavy (non-hydrogen) atoms. The van der Waals surface area contributed by atoms with Gasteiger partial charge in [-0.25, -0.2) is 13.1 Å². The third-order valence-electron chi connectivity index (χ3n) is 8.44. The van der Waals surface area contributed by atoms with E-state index in [1.54, 1.807) is 6.07 Å². The van der Waals surface area contributed by atoms with E-state index < -0.39 is 32.9 Å². The summed E-state index contributed by atoms with van der Waals surface area (Å²) in [6.07, 6.45) is 9.63. The van der Waals surface area contributed by atoms with Crippen LogP contribution in [0.1, 0.15) is 114 Å². The van der Waals surface area contributed by atoms with Crippen LogP contribution in [0.25, 0.3) is 5.69 Å². The SMILES string of the molecule is Cc1c(C(=O)NC2CC(C(=O)O)C2)cn(-c2ccc(S(=O)(=O)NC(C)(C)C)c(C(C)(C)C)c2)c1CC1CCCCC1. The van der Waals surface area contributed by atoms with Crippen molar-refractivity contribution in [2.75, 3.05) is 0 Å². The molecule has 2 saturated carbocycles. The van der Waals surface area contributed by atoms with Gasteiger partial charge in [-0.2, -0.15) is 0 Å². The second-order valence-corrected chi connectivity index (χ2v) is 15.8. The molecule has 1 heterocycles. The largest absolute Gasteiger partial charge is 0.481 e. The normalized spacial score (nSPS) is 20.5. The van der Waals surface area contributed by atoms with Crippen molar-refractivity contribution in [3.8, 4) is 5.69 Å². The number of aromatic nitrogens is 1. The van der Waals surface area contributed by atoms with Crippen molar-refractivity contribution in [1.29, 1.82) is 0 Å². The van der Waals surface area contributed by atoms with Gasteiger partial charge in [0.25, 0.3) is 5.91 Å². The number of nitrogens with one attached hydrogen (secondary N) is 2. The quantitative estimate of drug-likeness (QED) is 0.358. The first kappa shape index (κ1) is 31.3. The van der Waals surface area contributed by atoms with E-state index in [4.69, 9.17) is 0 Å². The van der Waals surface area contributed by atoms with Crippen LogP contribution in [0, 0.1) is 18.8 Å². The predicted octanol–water partition coefficient (Wildman–Crippen LogP) is 5.88. The summed E-state index contributed by atoms with van der Waals surface area (Å²) in [5.74, 6) is -0.867. The van der Waals surface area contributed by atoms with Gasteiger partial charge in [0.05, 0.1) is 16.4 Å². The van der Waals surface area contributed by atoms with Crippen LogP contribution in [0.15, 0.2) is 29.3 Å². The summed E-state index contributed by atoms with van der Waals surface area (Å²) in [7, 11) is -3.77. The molecule has 0 saturated heterocycles. The van der Waals surface area contributed by atoms with E-state index in [0.29, 0.717) is 29.9 Å². The Hall–Kier alpha value is -2.65. The lowest BCUT2D eigenvalue weighted by Gasteiger charge is -2.32. The summed E-state index contributed by atoms with van der Waals surface area (Å²) in [4.78, 5) is 24.9. The summed E-state index contributed by atoms with van der Waals surface area (Å²) in [6, 6.07) is 5.33. The molecule has 0 radical (unpaired) electrons. The number of hydrogen-bond acceptors (Lipinski definition) is 4. The number of carbonyl (C=O) groups is 2. The van der Waals surface area contributed by atoms with Crippen molar-refractivity contribution in [2.24, 2.45) is 11.8 Å². The fourth-order valence-electron chi connectivity index (χ4n) is 6.16. The molecule has 3 N–H and O–H groups in total. The molecular weight excluding hydrogens is 538 g/mol. The third kappa shape index (κ3) is 7.23. The highest BCUT2D eigenvalue weighted by atomic mass is 32.2. The molecule has 0 spiro atoms. The highest BCUT2D eigenvalue weighted by Gasteiger charge is 2.36. The van der Waals surface area contributed by atoms with Gasteiger partial charge in [-0.1, -0.05) is 52.9 Å². The predicted molar refractivity (Wildman–Crippen MR) is 161 cm³/mol. The molecule has 0 atom stereocenters. The van der Waals surface area contributed by atoms with Gasteiger partial charge in [0.15, 0.2) is 0 Å². The van der Waals surface area contributed by atoms with Gasteiger partial charge in [-0.15, -0.1) is 0 Å². The minimum atomic E-state index is -3.77. The van der Waals surface area contributed by atoms with Crippen LogP contribution >= 0.6 is 0 Å². The smallest absolute Gasteiger partial charge is 0.306 e. The molecule has 8 nitrogen and oxygen atoms in total. The van der Waals surface area contributed by atoms with E-state index >= 15 is 0 Å². The zero-order valence-corrected chi connectivity index (χ0v) is 26.5. The van der Waals surface area contributed by atoms with Gasteiger partial charge >= 0.3 is 5.97 Å². The number of nitrogens with zero attached hydrogens (tertiary/aromatic N) is 1. The Bertz CT molecular complexity index is 1400. The summed E-state index contributed by atoms with van der Waals surface area (Å²) in [6.45, 7) is 13.5. The molecule has 9 heteroatoms. The van der Waals surface area contributed by atoms with Gasteiger partial charge in [0.1, 0.15) is 0 Å². The third-order valence-corrected chi connectivity index (χ3v) is 10.3. The van der Waals surface area contributed by atoms with Crippen LogP contribution in [-0.4, -0.2) is 41.5 Å². The van der Waals surface area contributed by atoms with Crippen LogP contribution in [0.4, 0.5) is 0 Å². The lowest BCUT2D eigenvalue weighted by molar-refractivity contribution is -0.145. The lowest BCUT2D eigenvalue weighted by Crippen LogP contribution is -2.46. The van der Waals surface area contributed by atoms with Crippen molar-refractivity contribution in [2.45, 2.75) is 122 Å². The molecule has 1 aromatic carbocycles. The van der Waals surface area contributed by atoms with Crippen LogP contribution in [0.5, 0.6) is 0 Å². The average Bonchev–Trinajstić information content (AvgIpc) is 3.15. The Kier molecular flexibility index (Phi) is 8.82. The standard InChI is InChI=1S/C32H47N3O5S/c1-20-25(29(36)33-23-16-22(17-23)30(37)38)19-35(27(20)15-21-11-9-8-10-12-21)24-13-14-28(26(18-24)31(2,3)4)41(39,40)34-32(5,6)7/h13-14,18-19,21-23,34H,8-12,15-17H2,1-7H3,(H,33,36)(H,37,38). The topological polar surface area (TPSA) is 118 Å². The molecule has 2 fully saturated rings. The number of carbonyl (C=O) groups excluding carboxylic acids is 1. The average molecular weight is 586 g/mol. The number of carboxylic acid groups (broad SMARTS) is 1. The Morgan fingerprint density at radius 1 is 1.02 bits per heavy atom. The van der Waals surface area contributed by atoms with E-state index in [1.807, 2.05) is 66.8 Å². The Morgan fingerprint density at radius 2 is 1.66 bits per heavy atom. The molecule has 0 aliphatic heterocycles. The van der Waals surface area contributed by atoms with Crippen LogP contribution in [-0.2, 0) is 26.7 Å². The monoisotopic (exact) mass is 585 g/mol. The molecular formula is C32H47N3O5S. The molecule has 0 bridgehead atoms. The van der Waals surface area contributed by atoms with E-state index in [9.17, 15) is 23.1 Å². The fraction of sp³-hybridized carbons (Fsp3) is 0.625. The van der Waals surface area contributed by atoms with Crippen LogP contribution < -0.4 is 10.0 Å². The van der Waals surface area contributed by atoms with Crippen molar-refractivity contribution in [3.05, 3.63) is 46.8 Å². The van der Waals surface area contributed by atoms with Gasteiger partial charge in [0, 0.05) is 29.2 Å². The van der Waals surface area contributed by atoms with Crippen LogP contribution in [0.2, 0.25) is 0 Å². The second-order valence-electron chi connectivity index (χ2n) is 14.2. The zero-order valence-electron chi connectivity index (χ0n) is 25.6. The van der Waals surface area contributed by atoms with Gasteiger partial charge in [-0.05, 0) is 87.6 Å². The maximum Gasteiger partial charge on any atom is 0.306 e. The number of benzene rings is 1. The summed E-state index contributed by atoms with van der Waals surface area (Å²) < 4.78 is 31.7. The number of hydrogen-bond donors (Lipinski definition) is 3. The highest BCUT2D eigenvalue weighted by Crippen LogP contribution is 2.35. The molecule has 0 unspecified atom stereocenters. The number of aliphatic carboxylic acids is 1. The Balaban J connectivity index is 1.76. The number of sulfonamides is 1. The Morgan fingerprint density at radius 3 is 2.22 bits per heavy atom. The molecule has 1 amide bonds. The Labute approximate surface area is 245 Å². The first-order valence-corrected chi connectivity index (χ1v) is 16.4. The van der Waals surface area contributed by atoms with Crippen molar-refractivity contribution in [1.82, 2.24) is 14.6 Å². The maximum absolute atomic E-state index is 13.4. The second kappa shape index (κ2) is 11.6. The minimum absolute atomic E-state index is 0.138. The molecule has 226 valence electrons. The van der Waals surface area contributed by atoms with Crippen LogP contribution in [0.3, 0.4) is 0 Å². The number of carboxylic acids is 1. The fourth-order valence-corrected chi connectivity index (χ4v) is 7.98. The van der Waals surface area contributed by atoms with Crippen molar-refractivity contribution < 1.29 is 23.1 Å². The molecule has 4 rings (SSSR count). The van der Waals surface area contributed by atoms with Gasteiger partial charge in [0.2, 0.25) is 10.0 Å². The molecule has 2 aromatic rings. The van der Waals surface area contributed by atoms with Crippen molar-refractivity contribution >= 4 is 21.9 Å². The van der Waals surface area contributed by atoms with E-state index in [1.165, 1.54) is 19.3 Å². The first-order chi connectivity index (χ1) is 19.0. The maximum atomic E-state index is 13.4. The minimum Gasteiger partial charge on any atom is -0.481 e. The highest BCUT2D eigenvalue weighted by molar-refractivity contribution is 7.89. The van der Waals surface area contributed by atoms with E-state index in [-0.39, 0.29) is 16.8 Å². The molecule has 2 aliphatic carbocycles. The van der Waals surface area contributed by atoms with E-state index in [2.05, 4.69) is 14.6 Å². The summed E-state index contributed by atoms with van der Waals surface area (Å²) in [5.41, 5.74) is 3.04. The molecule has 1 aromatic heterocycles. The van der Waals surface area contributed by atoms with Crippen molar-refractivity contribution in [3.63, 3.8) is 0 Å². The van der Waals surface area contributed by atoms with E-state index in [0.717, 1.165) is 36.2 Å². The summed E-state index contributed by atoms with van der Waals surface area (Å²) >= 11 is 0. The van der Waals surface area contributed by atoms with Gasteiger partial charge < -0.3 is 15.0 Å². The number of rotatable bonds is 8. The number of amides is 1. The lowest BCUT2D eigenvalue weighted by atomic mass is 9.80. The summed E-state index contributed by atoms with van der Waals surface area (Å²) in [5, 5.41) is 12.3. The molecule has 2 aliphatic rings.